The summed E-state index contributed by atoms with van der Waals surface area (Å²) in [6, 6.07) is 0. The summed E-state index contributed by atoms with van der Waals surface area (Å²) in [5, 5.41) is -0.0683. The van der Waals surface area contributed by atoms with Crippen molar-refractivity contribution >= 4 is 21.9 Å². The first-order chi connectivity index (χ1) is 18.6. The normalized spacial score (nSPS) is 23.8. The van der Waals surface area contributed by atoms with E-state index in [0.29, 0.717) is 19.3 Å². The number of unbranched alkanes of at least 4 members (excludes halogenated alkanes) is 9. The number of halogens is 4. The molecule has 1 aromatic carbocycles. The van der Waals surface area contributed by atoms with E-state index in [4.69, 9.17) is 4.74 Å². The van der Waals surface area contributed by atoms with Crippen LogP contribution < -0.4 is 4.74 Å². The van der Waals surface area contributed by atoms with Crippen LogP contribution in [0.25, 0.3) is 0 Å². The van der Waals surface area contributed by atoms with Crippen LogP contribution >= 0.6 is 0 Å². The third-order valence-corrected chi connectivity index (χ3v) is 8.98. The number of imide groups is 1. The predicted molar refractivity (Wildman–Crippen MR) is 131 cm³/mol. The van der Waals surface area contributed by atoms with Gasteiger partial charge in [0.1, 0.15) is 0 Å². The molecule has 2 bridgehead atoms. The number of amides is 2. The van der Waals surface area contributed by atoms with Gasteiger partial charge in [-0.05, 0) is 24.7 Å². The van der Waals surface area contributed by atoms with Gasteiger partial charge in [-0.2, -0.15) is 17.2 Å². The molecule has 39 heavy (non-hydrogen) atoms. The first-order valence-corrected chi connectivity index (χ1v) is 15.0. The number of fused-ring (bicyclic) bond motifs is 5. The summed E-state index contributed by atoms with van der Waals surface area (Å²) < 4.78 is 93.4. The van der Waals surface area contributed by atoms with Gasteiger partial charge in [0.2, 0.25) is 11.6 Å². The molecular weight excluding hydrogens is 542 g/mol. The first-order valence-electron chi connectivity index (χ1n) is 13.6. The summed E-state index contributed by atoms with van der Waals surface area (Å²) in [4.78, 5) is 23.2. The molecule has 1 saturated carbocycles. The number of hydroxylamine groups is 2. The average Bonchev–Trinajstić information content (AvgIpc) is 3.58. The molecule has 2 aliphatic carbocycles. The van der Waals surface area contributed by atoms with Crippen molar-refractivity contribution in [3.8, 4) is 5.75 Å². The fourth-order valence-corrected chi connectivity index (χ4v) is 6.82. The maximum Gasteiger partial charge on any atom is 0.324 e. The minimum absolute atomic E-state index is 0.0683. The van der Waals surface area contributed by atoms with E-state index in [9.17, 15) is 35.6 Å². The van der Waals surface area contributed by atoms with E-state index in [2.05, 4.69) is 11.2 Å². The van der Waals surface area contributed by atoms with Crippen molar-refractivity contribution < 1.29 is 44.6 Å². The minimum Gasteiger partial charge on any atom is -0.487 e. The van der Waals surface area contributed by atoms with Gasteiger partial charge in [0, 0.05) is 0 Å². The van der Waals surface area contributed by atoms with Crippen LogP contribution in [0.15, 0.2) is 17.0 Å². The van der Waals surface area contributed by atoms with E-state index in [-0.39, 0.29) is 23.5 Å². The summed E-state index contributed by atoms with van der Waals surface area (Å²) in [7, 11) is -5.65. The number of benzene rings is 1. The molecule has 1 aromatic rings. The predicted octanol–water partition coefficient (Wildman–Crippen LogP) is 5.97. The molecule has 4 atom stereocenters. The van der Waals surface area contributed by atoms with Crippen molar-refractivity contribution in [3.63, 3.8) is 0 Å². The zero-order chi connectivity index (χ0) is 28.3. The van der Waals surface area contributed by atoms with Crippen LogP contribution in [0.1, 0.15) is 77.6 Å². The maximum atomic E-state index is 14.7. The Balaban J connectivity index is 1.35. The number of carbonyl (C=O) groups excluding carboxylic acids is 2. The quantitative estimate of drug-likeness (QED) is 0.0842. The monoisotopic (exact) mass is 575 g/mol. The summed E-state index contributed by atoms with van der Waals surface area (Å²) in [6.45, 7) is 1.92. The highest BCUT2D eigenvalue weighted by Crippen LogP contribution is 2.52. The molecule has 4 rings (SSSR count). The molecule has 0 spiro atoms. The van der Waals surface area contributed by atoms with Crippen LogP contribution in [0.3, 0.4) is 0 Å². The second-order valence-electron chi connectivity index (χ2n) is 10.4. The second kappa shape index (κ2) is 12.4. The average molecular weight is 576 g/mol. The van der Waals surface area contributed by atoms with Gasteiger partial charge in [-0.15, -0.1) is 9.35 Å². The molecule has 3 aliphatic rings. The lowest BCUT2D eigenvalue weighted by Crippen LogP contribution is -2.36. The largest absolute Gasteiger partial charge is 0.487 e. The van der Waals surface area contributed by atoms with E-state index < -0.39 is 67.7 Å². The molecule has 1 saturated heterocycles. The van der Waals surface area contributed by atoms with E-state index in [1.165, 1.54) is 25.7 Å². The lowest BCUT2D eigenvalue weighted by molar-refractivity contribution is -0.166. The molecule has 12 heteroatoms. The molecule has 4 unspecified atom stereocenters. The third-order valence-electron chi connectivity index (χ3n) is 7.78. The zero-order valence-electron chi connectivity index (χ0n) is 21.8. The summed E-state index contributed by atoms with van der Waals surface area (Å²) in [5.41, 5.74) is 0. The molecule has 0 aromatic heterocycles. The van der Waals surface area contributed by atoms with Crippen molar-refractivity contribution in [1.82, 2.24) is 5.06 Å². The maximum absolute atomic E-state index is 14.7. The van der Waals surface area contributed by atoms with Gasteiger partial charge in [-0.3, -0.25) is 9.59 Å². The van der Waals surface area contributed by atoms with Crippen LogP contribution in [0.5, 0.6) is 5.75 Å². The van der Waals surface area contributed by atoms with Crippen molar-refractivity contribution in [1.29, 1.82) is 0 Å². The van der Waals surface area contributed by atoms with E-state index in [1.54, 1.807) is 12.2 Å². The van der Waals surface area contributed by atoms with Crippen LogP contribution in [-0.2, 0) is 24.0 Å². The van der Waals surface area contributed by atoms with Crippen LogP contribution in [0, 0.1) is 46.9 Å². The topological polar surface area (TPSA) is 90.0 Å². The molecule has 7 nitrogen and oxygen atoms in total. The van der Waals surface area contributed by atoms with Gasteiger partial charge in [0.05, 0.1) is 18.4 Å². The van der Waals surface area contributed by atoms with Gasteiger partial charge in [0.25, 0.3) is 11.8 Å². The van der Waals surface area contributed by atoms with E-state index >= 15 is 0 Å². The molecular formula is C27H33F4NO6S. The Morgan fingerprint density at radius 2 is 1.23 bits per heavy atom. The Morgan fingerprint density at radius 1 is 0.769 bits per heavy atom. The lowest BCUT2D eigenvalue weighted by atomic mass is 9.85. The number of hydrogen-bond acceptors (Lipinski definition) is 6. The van der Waals surface area contributed by atoms with Gasteiger partial charge >= 0.3 is 10.1 Å². The number of hydrogen-bond donors (Lipinski definition) is 0. The van der Waals surface area contributed by atoms with E-state index in [0.717, 1.165) is 25.7 Å². The first kappa shape index (κ1) is 29.5. The highest BCUT2D eigenvalue weighted by atomic mass is 32.2. The van der Waals surface area contributed by atoms with Gasteiger partial charge < -0.3 is 4.74 Å². The van der Waals surface area contributed by atoms with Gasteiger partial charge in [-0.25, -0.2) is 8.78 Å². The van der Waals surface area contributed by atoms with Crippen molar-refractivity contribution in [2.24, 2.45) is 23.7 Å². The number of nitrogens with zero attached hydrogens (tertiary/aromatic N) is 1. The van der Waals surface area contributed by atoms with Crippen molar-refractivity contribution in [2.75, 3.05) is 6.61 Å². The molecule has 0 N–H and O–H groups in total. The van der Waals surface area contributed by atoms with Crippen LogP contribution in [0.2, 0.25) is 0 Å². The SMILES string of the molecule is CCCCCCCCCCCCOc1c(F)c(F)c(S(=O)(=O)ON2C(=O)C3C4C=CC(C4)C3C2=O)c(F)c1F. The second-order valence-corrected chi connectivity index (χ2v) is 11.9. The number of allylic oxidation sites excluding steroid dienone is 2. The Bertz CT molecular complexity index is 1180. The standard InChI is InChI=1S/C27H33F4NO6S/c1-2-3-4-5-6-7-8-9-10-11-14-37-24-20(28)22(30)25(23(31)21(24)29)39(35,36)38-32-26(33)18-16-12-13-17(15-16)19(18)27(32)34/h12-13,16-19H,2-11,14-15H2,1H3. The highest BCUT2D eigenvalue weighted by Gasteiger charge is 2.61. The van der Waals surface area contributed by atoms with Gasteiger partial charge in [0.15, 0.2) is 22.3 Å². The molecule has 2 amide bonds. The zero-order valence-corrected chi connectivity index (χ0v) is 22.6. The van der Waals surface area contributed by atoms with Gasteiger partial charge in [-0.1, -0.05) is 76.9 Å². The smallest absolute Gasteiger partial charge is 0.324 e. The summed E-state index contributed by atoms with van der Waals surface area (Å²) in [6.07, 6.45) is 14.0. The lowest BCUT2D eigenvalue weighted by Gasteiger charge is -2.17. The fourth-order valence-electron chi connectivity index (χ4n) is 5.79. The summed E-state index contributed by atoms with van der Waals surface area (Å²) in [5.74, 6) is -14.3. The molecule has 1 aliphatic heterocycles. The molecule has 216 valence electrons. The van der Waals surface area contributed by atoms with Crippen LogP contribution in [-0.4, -0.2) is 31.9 Å². The number of rotatable bonds is 15. The molecule has 0 radical (unpaired) electrons. The number of ether oxygens (including phenoxy) is 1. The Kier molecular flexibility index (Phi) is 9.36. The highest BCUT2D eigenvalue weighted by molar-refractivity contribution is 7.86. The van der Waals surface area contributed by atoms with Crippen molar-refractivity contribution in [3.05, 3.63) is 35.4 Å². The Labute approximate surface area is 225 Å². The Hall–Kier alpha value is -2.47. The minimum atomic E-state index is -5.65. The Morgan fingerprint density at radius 3 is 1.72 bits per heavy atom. The molecule has 2 fully saturated rings. The summed E-state index contributed by atoms with van der Waals surface area (Å²) >= 11 is 0. The third kappa shape index (κ3) is 5.86. The van der Waals surface area contributed by atoms with E-state index in [1.807, 2.05) is 0 Å². The van der Waals surface area contributed by atoms with Crippen LogP contribution in [0.4, 0.5) is 17.6 Å². The molecule has 1 heterocycles. The number of carbonyl (C=O) groups is 2. The fraction of sp³-hybridized carbons (Fsp3) is 0.630. The van der Waals surface area contributed by atoms with Crippen molar-refractivity contribution in [2.45, 2.75) is 82.4 Å².